The highest BCUT2D eigenvalue weighted by Gasteiger charge is 2.29. The number of benzene rings is 2. The van der Waals surface area contributed by atoms with Crippen LogP contribution in [0.5, 0.6) is 0 Å². The molecule has 2 atom stereocenters. The third-order valence-corrected chi connectivity index (χ3v) is 5.74. The van der Waals surface area contributed by atoms with Crippen molar-refractivity contribution in [2.75, 3.05) is 13.2 Å². The van der Waals surface area contributed by atoms with Crippen LogP contribution in [0.25, 0.3) is 11.1 Å². The number of nitrogens with zero attached hydrogens (tertiary/aromatic N) is 2. The highest BCUT2D eigenvalue weighted by Crippen LogP contribution is 2.44. The number of aromatic nitrogens is 2. The molecule has 2 aromatic carbocycles. The van der Waals surface area contributed by atoms with E-state index in [1.807, 2.05) is 24.3 Å². The monoisotopic (exact) mass is 439 g/mol. The number of hydrogen-bond donors (Lipinski definition) is 3. The number of aliphatic hydroxyl groups is 2. The van der Waals surface area contributed by atoms with E-state index in [2.05, 4.69) is 39.6 Å². The first-order valence-electron chi connectivity index (χ1n) is 9.96. The van der Waals surface area contributed by atoms with E-state index in [0.29, 0.717) is 0 Å². The lowest BCUT2D eigenvalue weighted by atomic mass is 9.98. The van der Waals surface area contributed by atoms with Gasteiger partial charge < -0.3 is 20.3 Å². The third kappa shape index (κ3) is 4.54. The molecule has 0 radical (unpaired) electrons. The summed E-state index contributed by atoms with van der Waals surface area (Å²) in [6.07, 6.45) is -0.261. The minimum atomic E-state index is -1.25. The van der Waals surface area contributed by atoms with Crippen molar-refractivity contribution in [1.29, 1.82) is 0 Å². The van der Waals surface area contributed by atoms with Gasteiger partial charge in [0.1, 0.15) is 24.2 Å². The molecule has 7 nitrogen and oxygen atoms in total. The quantitative estimate of drug-likeness (QED) is 0.487. The van der Waals surface area contributed by atoms with Crippen molar-refractivity contribution in [2.24, 2.45) is 0 Å². The molecule has 2 unspecified atom stereocenters. The number of halogens is 1. The molecular weight excluding hydrogens is 418 g/mol. The molecule has 0 fully saturated rings. The van der Waals surface area contributed by atoms with Crippen molar-refractivity contribution in [3.05, 3.63) is 82.9 Å². The molecule has 0 spiro atoms. The number of hydrogen-bond acceptors (Lipinski definition) is 6. The van der Waals surface area contributed by atoms with E-state index in [4.69, 9.17) is 16.3 Å². The van der Waals surface area contributed by atoms with Gasteiger partial charge >= 0.3 is 6.09 Å². The summed E-state index contributed by atoms with van der Waals surface area (Å²) >= 11 is 5.91. The first-order valence-corrected chi connectivity index (χ1v) is 10.3. The number of aliphatic hydroxyl groups excluding tert-OH is 2. The molecule has 4 rings (SSSR count). The van der Waals surface area contributed by atoms with Crippen molar-refractivity contribution in [1.82, 2.24) is 15.3 Å². The molecule has 160 valence electrons. The second-order valence-corrected chi connectivity index (χ2v) is 7.68. The lowest BCUT2D eigenvalue weighted by molar-refractivity contribution is 0.0133. The standard InChI is InChI=1S/C23H22ClN3O4/c24-22-18(11-25-13-27-22)21(29)20(28)9-10-26-23(30)31-12-19-16-7-3-1-5-14(16)15-6-2-4-8-17(15)19/h1-8,11,13,19-21,28-29H,9-10,12H2,(H,26,30). The number of carbonyl (C=O) groups is 1. The fraction of sp³-hybridized carbons (Fsp3) is 0.261. The highest BCUT2D eigenvalue weighted by atomic mass is 35.5. The van der Waals surface area contributed by atoms with Crippen LogP contribution in [-0.4, -0.2) is 45.5 Å². The minimum Gasteiger partial charge on any atom is -0.449 e. The lowest BCUT2D eigenvalue weighted by Gasteiger charge is -2.19. The minimum absolute atomic E-state index is 0.0224. The van der Waals surface area contributed by atoms with E-state index in [-0.39, 0.29) is 36.2 Å². The molecule has 31 heavy (non-hydrogen) atoms. The van der Waals surface area contributed by atoms with Gasteiger partial charge in [-0.05, 0) is 28.7 Å². The van der Waals surface area contributed by atoms with Crippen LogP contribution >= 0.6 is 11.6 Å². The third-order valence-electron chi connectivity index (χ3n) is 5.43. The van der Waals surface area contributed by atoms with Crippen LogP contribution in [0.2, 0.25) is 5.15 Å². The van der Waals surface area contributed by atoms with Crippen LogP contribution in [0.1, 0.15) is 35.1 Å². The Kier molecular flexibility index (Phi) is 6.46. The van der Waals surface area contributed by atoms with Gasteiger partial charge in [-0.1, -0.05) is 60.1 Å². The molecule has 1 aliphatic carbocycles. The summed E-state index contributed by atoms with van der Waals surface area (Å²) in [5, 5.41) is 23.1. The Morgan fingerprint density at radius 1 is 1.10 bits per heavy atom. The molecule has 0 saturated carbocycles. The zero-order valence-electron chi connectivity index (χ0n) is 16.6. The van der Waals surface area contributed by atoms with Crippen LogP contribution in [0.4, 0.5) is 4.79 Å². The highest BCUT2D eigenvalue weighted by molar-refractivity contribution is 6.30. The van der Waals surface area contributed by atoms with Gasteiger partial charge in [-0.25, -0.2) is 14.8 Å². The average Bonchev–Trinajstić information content (AvgIpc) is 3.11. The zero-order chi connectivity index (χ0) is 21.8. The van der Waals surface area contributed by atoms with Crippen molar-refractivity contribution >= 4 is 17.7 Å². The van der Waals surface area contributed by atoms with Crippen LogP contribution in [0.3, 0.4) is 0 Å². The van der Waals surface area contributed by atoms with Gasteiger partial charge in [0.15, 0.2) is 0 Å². The molecule has 0 saturated heterocycles. The largest absolute Gasteiger partial charge is 0.449 e. The van der Waals surface area contributed by atoms with Gasteiger partial charge in [0, 0.05) is 24.2 Å². The fourth-order valence-corrected chi connectivity index (χ4v) is 4.06. The van der Waals surface area contributed by atoms with Gasteiger partial charge in [-0.3, -0.25) is 0 Å². The summed E-state index contributed by atoms with van der Waals surface area (Å²) in [6.45, 7) is 0.336. The van der Waals surface area contributed by atoms with E-state index in [9.17, 15) is 15.0 Å². The second-order valence-electron chi connectivity index (χ2n) is 7.32. The zero-order valence-corrected chi connectivity index (χ0v) is 17.4. The smallest absolute Gasteiger partial charge is 0.407 e. The number of alkyl carbamates (subject to hydrolysis) is 1. The summed E-state index contributed by atoms with van der Waals surface area (Å²) in [5.41, 5.74) is 4.83. The van der Waals surface area contributed by atoms with Gasteiger partial charge in [0.25, 0.3) is 0 Å². The van der Waals surface area contributed by atoms with E-state index < -0.39 is 18.3 Å². The number of carbonyl (C=O) groups excluding carboxylic acids is 1. The normalized spacial score (nSPS) is 14.4. The first kappa shape index (κ1) is 21.2. The van der Waals surface area contributed by atoms with E-state index >= 15 is 0 Å². The summed E-state index contributed by atoms with van der Waals surface area (Å²) in [5.74, 6) is -0.0224. The lowest BCUT2D eigenvalue weighted by Crippen LogP contribution is -2.30. The van der Waals surface area contributed by atoms with Gasteiger partial charge in [-0.2, -0.15) is 0 Å². The molecule has 3 N–H and O–H groups in total. The van der Waals surface area contributed by atoms with Crippen molar-refractivity contribution < 1.29 is 19.7 Å². The van der Waals surface area contributed by atoms with Crippen molar-refractivity contribution in [3.63, 3.8) is 0 Å². The molecular formula is C23H22ClN3O4. The molecule has 1 aromatic heterocycles. The summed E-state index contributed by atoms with van der Waals surface area (Å²) in [4.78, 5) is 19.8. The van der Waals surface area contributed by atoms with E-state index in [1.54, 1.807) is 0 Å². The molecule has 3 aromatic rings. The average molecular weight is 440 g/mol. The summed E-state index contributed by atoms with van der Waals surface area (Å²) in [6, 6.07) is 16.2. The summed E-state index contributed by atoms with van der Waals surface area (Å²) < 4.78 is 5.45. The topological polar surface area (TPSA) is 105 Å². The Morgan fingerprint density at radius 3 is 2.39 bits per heavy atom. The fourth-order valence-electron chi connectivity index (χ4n) is 3.86. The number of ether oxygens (including phenoxy) is 1. The Labute approximate surface area is 184 Å². The molecule has 1 heterocycles. The Bertz CT molecular complexity index is 1030. The van der Waals surface area contributed by atoms with Crippen LogP contribution in [0, 0.1) is 0 Å². The SMILES string of the molecule is O=C(NCCC(O)C(O)c1cncnc1Cl)OCC1c2ccccc2-c2ccccc21. The number of amides is 1. The Balaban J connectivity index is 1.29. The maximum Gasteiger partial charge on any atom is 0.407 e. The molecule has 1 amide bonds. The first-order chi connectivity index (χ1) is 15.1. The second kappa shape index (κ2) is 9.43. The predicted octanol–water partition coefficient (Wildman–Crippen LogP) is 3.45. The molecule has 1 aliphatic rings. The van der Waals surface area contributed by atoms with Gasteiger partial charge in [0.2, 0.25) is 0 Å². The van der Waals surface area contributed by atoms with Crippen molar-refractivity contribution in [2.45, 2.75) is 24.5 Å². The van der Waals surface area contributed by atoms with Gasteiger partial charge in [-0.15, -0.1) is 0 Å². The van der Waals surface area contributed by atoms with Crippen molar-refractivity contribution in [3.8, 4) is 11.1 Å². The van der Waals surface area contributed by atoms with Crippen LogP contribution in [-0.2, 0) is 4.74 Å². The molecule has 8 heteroatoms. The van der Waals surface area contributed by atoms with Gasteiger partial charge in [0.05, 0.1) is 6.10 Å². The van der Waals surface area contributed by atoms with Crippen LogP contribution in [0.15, 0.2) is 61.1 Å². The molecule has 0 aliphatic heterocycles. The summed E-state index contributed by atoms with van der Waals surface area (Å²) in [7, 11) is 0. The van der Waals surface area contributed by atoms with Crippen LogP contribution < -0.4 is 5.32 Å². The van der Waals surface area contributed by atoms with E-state index in [0.717, 1.165) is 22.3 Å². The maximum absolute atomic E-state index is 12.2. The van der Waals surface area contributed by atoms with E-state index in [1.165, 1.54) is 12.5 Å². The Morgan fingerprint density at radius 2 is 1.74 bits per heavy atom. The predicted molar refractivity (Wildman–Crippen MR) is 116 cm³/mol. The number of fused-ring (bicyclic) bond motifs is 3. The maximum atomic E-state index is 12.2. The number of nitrogens with one attached hydrogen (secondary N) is 1. The Hall–Kier alpha value is -3.00. The molecule has 0 bridgehead atoms. The number of rotatable bonds is 7.